The van der Waals surface area contributed by atoms with E-state index in [1.807, 2.05) is 18.2 Å². The molecule has 126 valence electrons. The number of rotatable bonds is 9. The van der Waals surface area contributed by atoms with Gasteiger partial charge in [-0.1, -0.05) is 30.9 Å². The maximum absolute atomic E-state index is 12.5. The van der Waals surface area contributed by atoms with Crippen molar-refractivity contribution in [3.8, 4) is 11.5 Å². The zero-order valence-corrected chi connectivity index (χ0v) is 13.7. The number of hydrogen-bond donors (Lipinski definition) is 1. The van der Waals surface area contributed by atoms with Crippen LogP contribution in [-0.4, -0.2) is 32.8 Å². The number of para-hydroxylation sites is 1. The zero-order chi connectivity index (χ0) is 17.2. The zero-order valence-electron chi connectivity index (χ0n) is 13.7. The predicted molar refractivity (Wildman–Crippen MR) is 93.9 cm³/mol. The Labute approximate surface area is 141 Å². The van der Waals surface area contributed by atoms with E-state index in [0.717, 1.165) is 0 Å². The maximum Gasteiger partial charge on any atom is 0.259 e. The van der Waals surface area contributed by atoms with Gasteiger partial charge in [-0.3, -0.25) is 4.79 Å². The first kappa shape index (κ1) is 17.6. The third kappa shape index (κ3) is 5.14. The fourth-order valence-corrected chi connectivity index (χ4v) is 2.03. The van der Waals surface area contributed by atoms with Gasteiger partial charge in [0.2, 0.25) is 0 Å². The molecule has 0 saturated heterocycles. The number of amides is 1. The number of methoxy groups -OCH3 is 1. The summed E-state index contributed by atoms with van der Waals surface area (Å²) in [5, 5.41) is 2.85. The fourth-order valence-electron chi connectivity index (χ4n) is 2.03. The first-order chi connectivity index (χ1) is 11.7. The lowest BCUT2D eigenvalue weighted by Crippen LogP contribution is -2.14. The molecule has 0 bridgehead atoms. The van der Waals surface area contributed by atoms with Crippen LogP contribution in [0.5, 0.6) is 11.5 Å². The Bertz CT molecular complexity index is 685. The topological polar surface area (TPSA) is 56.8 Å². The number of ether oxygens (including phenoxy) is 3. The number of anilines is 1. The molecular weight excluding hydrogens is 306 g/mol. The molecule has 0 atom stereocenters. The van der Waals surface area contributed by atoms with Crippen LogP contribution in [0, 0.1) is 0 Å². The van der Waals surface area contributed by atoms with E-state index in [1.165, 1.54) is 0 Å². The Kier molecular flexibility index (Phi) is 6.86. The molecule has 0 radical (unpaired) electrons. The molecule has 1 N–H and O–H groups in total. The van der Waals surface area contributed by atoms with Crippen LogP contribution < -0.4 is 14.8 Å². The van der Waals surface area contributed by atoms with Crippen LogP contribution in [0.3, 0.4) is 0 Å². The second-order valence-electron chi connectivity index (χ2n) is 4.92. The van der Waals surface area contributed by atoms with Gasteiger partial charge in [0.1, 0.15) is 24.7 Å². The minimum Gasteiger partial charge on any atom is -0.490 e. The van der Waals surface area contributed by atoms with Gasteiger partial charge < -0.3 is 19.5 Å². The van der Waals surface area contributed by atoms with Gasteiger partial charge in [0.15, 0.2) is 0 Å². The van der Waals surface area contributed by atoms with E-state index in [9.17, 15) is 4.79 Å². The molecule has 5 heteroatoms. The van der Waals surface area contributed by atoms with Gasteiger partial charge in [-0.15, -0.1) is 0 Å². The summed E-state index contributed by atoms with van der Waals surface area (Å²) < 4.78 is 16.0. The molecule has 0 unspecified atom stereocenters. The number of benzene rings is 2. The van der Waals surface area contributed by atoms with Crippen molar-refractivity contribution in [1.82, 2.24) is 0 Å². The summed E-state index contributed by atoms with van der Waals surface area (Å²) >= 11 is 0. The minimum atomic E-state index is -0.246. The van der Waals surface area contributed by atoms with Crippen LogP contribution in [0.25, 0.3) is 0 Å². The van der Waals surface area contributed by atoms with Crippen LogP contribution in [0.15, 0.2) is 61.2 Å². The van der Waals surface area contributed by atoms with Crippen molar-refractivity contribution < 1.29 is 19.0 Å². The first-order valence-electron chi connectivity index (χ1n) is 7.60. The molecule has 2 aromatic rings. The highest BCUT2D eigenvalue weighted by Crippen LogP contribution is 2.22. The maximum atomic E-state index is 12.5. The van der Waals surface area contributed by atoms with Crippen molar-refractivity contribution in [2.24, 2.45) is 0 Å². The minimum absolute atomic E-state index is 0.246. The SMILES string of the molecule is C=CCOc1cccc(NC(=O)c2ccccc2OCCOC)c1. The van der Waals surface area contributed by atoms with E-state index in [4.69, 9.17) is 14.2 Å². The number of carbonyl (C=O) groups is 1. The summed E-state index contributed by atoms with van der Waals surface area (Å²) in [6.07, 6.45) is 1.67. The smallest absolute Gasteiger partial charge is 0.259 e. The lowest BCUT2D eigenvalue weighted by atomic mass is 10.2. The lowest BCUT2D eigenvalue weighted by molar-refractivity contribution is 0.101. The molecule has 0 aliphatic carbocycles. The lowest BCUT2D eigenvalue weighted by Gasteiger charge is -2.12. The van der Waals surface area contributed by atoms with Crippen molar-refractivity contribution in [2.45, 2.75) is 0 Å². The van der Waals surface area contributed by atoms with E-state index in [0.29, 0.717) is 42.6 Å². The average Bonchev–Trinajstić information content (AvgIpc) is 2.61. The van der Waals surface area contributed by atoms with Gasteiger partial charge in [0.25, 0.3) is 5.91 Å². The van der Waals surface area contributed by atoms with Crippen LogP contribution in [0.4, 0.5) is 5.69 Å². The van der Waals surface area contributed by atoms with Gasteiger partial charge in [-0.2, -0.15) is 0 Å². The summed E-state index contributed by atoms with van der Waals surface area (Å²) in [7, 11) is 1.60. The molecule has 0 spiro atoms. The second kappa shape index (κ2) is 9.37. The van der Waals surface area contributed by atoms with E-state index < -0.39 is 0 Å². The summed E-state index contributed by atoms with van der Waals surface area (Å²) in [5.41, 5.74) is 1.11. The van der Waals surface area contributed by atoms with Crippen molar-refractivity contribution >= 4 is 11.6 Å². The standard InChI is InChI=1S/C19H21NO4/c1-3-11-23-16-8-6-7-15(14-16)20-19(21)17-9-4-5-10-18(17)24-13-12-22-2/h3-10,14H,1,11-13H2,2H3,(H,20,21). The van der Waals surface area contributed by atoms with Crippen LogP contribution in [0.1, 0.15) is 10.4 Å². The monoisotopic (exact) mass is 327 g/mol. The molecule has 24 heavy (non-hydrogen) atoms. The summed E-state index contributed by atoms with van der Waals surface area (Å²) in [5.74, 6) is 0.937. The molecule has 0 aliphatic heterocycles. The highest BCUT2D eigenvalue weighted by atomic mass is 16.5. The van der Waals surface area contributed by atoms with E-state index in [2.05, 4.69) is 11.9 Å². The van der Waals surface area contributed by atoms with E-state index in [-0.39, 0.29) is 5.91 Å². The van der Waals surface area contributed by atoms with Gasteiger partial charge in [-0.05, 0) is 24.3 Å². The third-order valence-corrected chi connectivity index (χ3v) is 3.14. The Morgan fingerprint density at radius 3 is 2.75 bits per heavy atom. The summed E-state index contributed by atoms with van der Waals surface area (Å²) in [6, 6.07) is 14.3. The molecule has 0 heterocycles. The second-order valence-corrected chi connectivity index (χ2v) is 4.92. The van der Waals surface area contributed by atoms with Crippen molar-refractivity contribution in [3.63, 3.8) is 0 Å². The normalized spacial score (nSPS) is 10.0. The van der Waals surface area contributed by atoms with Gasteiger partial charge in [0, 0.05) is 18.9 Å². The largest absolute Gasteiger partial charge is 0.490 e. The molecule has 0 aromatic heterocycles. The number of nitrogens with one attached hydrogen (secondary N) is 1. The van der Waals surface area contributed by atoms with Crippen LogP contribution >= 0.6 is 0 Å². The molecular formula is C19H21NO4. The molecule has 0 saturated carbocycles. The first-order valence-corrected chi connectivity index (χ1v) is 7.60. The fraction of sp³-hybridized carbons (Fsp3) is 0.211. The van der Waals surface area contributed by atoms with Crippen LogP contribution in [-0.2, 0) is 4.74 Å². The van der Waals surface area contributed by atoms with Crippen molar-refractivity contribution in [1.29, 1.82) is 0 Å². The summed E-state index contributed by atoms with van der Waals surface area (Å²) in [4.78, 5) is 12.5. The number of hydrogen-bond acceptors (Lipinski definition) is 4. The van der Waals surface area contributed by atoms with Gasteiger partial charge in [-0.25, -0.2) is 0 Å². The van der Waals surface area contributed by atoms with E-state index >= 15 is 0 Å². The quantitative estimate of drug-likeness (QED) is 0.565. The Morgan fingerprint density at radius 1 is 1.12 bits per heavy atom. The highest BCUT2D eigenvalue weighted by Gasteiger charge is 2.12. The van der Waals surface area contributed by atoms with Crippen molar-refractivity contribution in [3.05, 3.63) is 66.7 Å². The molecule has 2 aromatic carbocycles. The Balaban J connectivity index is 2.08. The van der Waals surface area contributed by atoms with Crippen molar-refractivity contribution in [2.75, 3.05) is 32.2 Å². The third-order valence-electron chi connectivity index (χ3n) is 3.14. The van der Waals surface area contributed by atoms with E-state index in [1.54, 1.807) is 43.5 Å². The van der Waals surface area contributed by atoms with Gasteiger partial charge >= 0.3 is 0 Å². The molecule has 0 fully saturated rings. The molecule has 5 nitrogen and oxygen atoms in total. The van der Waals surface area contributed by atoms with Gasteiger partial charge in [0.05, 0.1) is 12.2 Å². The van der Waals surface area contributed by atoms with Crippen LogP contribution in [0.2, 0.25) is 0 Å². The molecule has 1 amide bonds. The highest BCUT2D eigenvalue weighted by molar-refractivity contribution is 6.06. The molecule has 2 rings (SSSR count). The average molecular weight is 327 g/mol. The Morgan fingerprint density at radius 2 is 1.96 bits per heavy atom. The Hall–Kier alpha value is -2.79. The summed E-state index contributed by atoms with van der Waals surface area (Å²) in [6.45, 7) is 4.86. The molecule has 0 aliphatic rings. The number of carbonyl (C=O) groups excluding carboxylic acids is 1. The predicted octanol–water partition coefficient (Wildman–Crippen LogP) is 3.53.